The van der Waals surface area contributed by atoms with Crippen molar-refractivity contribution in [1.82, 2.24) is 9.80 Å². The van der Waals surface area contributed by atoms with Crippen molar-refractivity contribution in [2.24, 2.45) is 11.8 Å². The van der Waals surface area contributed by atoms with Gasteiger partial charge in [0, 0.05) is 25.2 Å². The Kier molecular flexibility index (Phi) is 8.24. The molecule has 8 heteroatoms. The molecule has 3 saturated heterocycles. The third-order valence-electron chi connectivity index (χ3n) is 7.30. The van der Waals surface area contributed by atoms with Crippen LogP contribution in [-0.2, 0) is 23.9 Å². The fraction of sp³-hybridized carbons (Fsp3) is 0.731. The first kappa shape index (κ1) is 26.4. The van der Waals surface area contributed by atoms with Crippen molar-refractivity contribution < 1.29 is 29.0 Å². The monoisotopic (exact) mass is 476 g/mol. The molecular weight excluding hydrogens is 436 g/mol. The Hall–Kier alpha value is -2.19. The number of hydrogen-bond donors (Lipinski definition) is 1. The number of esters is 1. The van der Waals surface area contributed by atoms with E-state index in [-0.39, 0.29) is 25.0 Å². The van der Waals surface area contributed by atoms with E-state index in [9.17, 15) is 19.5 Å². The van der Waals surface area contributed by atoms with Crippen molar-refractivity contribution in [3.8, 4) is 0 Å². The van der Waals surface area contributed by atoms with Gasteiger partial charge in [0.1, 0.15) is 11.6 Å². The van der Waals surface area contributed by atoms with Gasteiger partial charge in [0.05, 0.1) is 24.5 Å². The number of rotatable bonds is 12. The van der Waals surface area contributed by atoms with Crippen molar-refractivity contribution in [2.45, 2.75) is 82.6 Å². The zero-order valence-electron chi connectivity index (χ0n) is 20.8. The van der Waals surface area contributed by atoms with E-state index in [1.165, 1.54) is 0 Å². The maximum Gasteiger partial charge on any atom is 0.312 e. The number of carbonyl (C=O) groups is 3. The zero-order valence-corrected chi connectivity index (χ0v) is 20.8. The number of aliphatic hydroxyl groups is 1. The van der Waals surface area contributed by atoms with Crippen LogP contribution in [0, 0.1) is 11.8 Å². The molecule has 2 amide bonds. The van der Waals surface area contributed by atoms with Crippen LogP contribution in [0.5, 0.6) is 0 Å². The van der Waals surface area contributed by atoms with E-state index < -0.39 is 41.1 Å². The summed E-state index contributed by atoms with van der Waals surface area (Å²) in [5.41, 5.74) is -1.52. The SMILES string of the molecule is C=CCCCOC(=O)[C@@H]1[C@H]2C(=O)N(CCCCO)C(C(=O)N(CC=C)C(C)(C)C)C23CC[C@H]1O3. The molecule has 3 rings (SSSR count). The van der Waals surface area contributed by atoms with Crippen LogP contribution >= 0.6 is 0 Å². The number of hydrogen-bond acceptors (Lipinski definition) is 6. The second-order valence-corrected chi connectivity index (χ2v) is 10.5. The highest BCUT2D eigenvalue weighted by Gasteiger charge is 2.75. The number of ether oxygens (including phenoxy) is 2. The van der Waals surface area contributed by atoms with Gasteiger partial charge < -0.3 is 24.4 Å². The smallest absolute Gasteiger partial charge is 0.312 e. The average Bonchev–Trinajstić information content (AvgIpc) is 3.41. The minimum atomic E-state index is -1.03. The van der Waals surface area contributed by atoms with Crippen molar-refractivity contribution in [2.75, 3.05) is 26.3 Å². The van der Waals surface area contributed by atoms with Gasteiger partial charge in [-0.25, -0.2) is 0 Å². The third-order valence-corrected chi connectivity index (χ3v) is 7.30. The molecule has 5 atom stereocenters. The van der Waals surface area contributed by atoms with Crippen LogP contribution in [0.3, 0.4) is 0 Å². The molecule has 190 valence electrons. The summed E-state index contributed by atoms with van der Waals surface area (Å²) in [6, 6.07) is -0.813. The van der Waals surface area contributed by atoms with Crippen LogP contribution in [0.2, 0.25) is 0 Å². The molecule has 0 aromatic heterocycles. The predicted octanol–water partition coefficient (Wildman–Crippen LogP) is 2.46. The Morgan fingerprint density at radius 3 is 2.62 bits per heavy atom. The lowest BCUT2D eigenvalue weighted by molar-refractivity contribution is -0.155. The van der Waals surface area contributed by atoms with Gasteiger partial charge in [-0.3, -0.25) is 14.4 Å². The van der Waals surface area contributed by atoms with E-state index in [1.54, 1.807) is 22.0 Å². The van der Waals surface area contributed by atoms with Gasteiger partial charge in [-0.05, 0) is 59.3 Å². The highest BCUT2D eigenvalue weighted by Crippen LogP contribution is 2.59. The average molecular weight is 477 g/mol. The van der Waals surface area contributed by atoms with Crippen LogP contribution in [-0.4, -0.2) is 82.3 Å². The molecule has 0 radical (unpaired) electrons. The highest BCUT2D eigenvalue weighted by atomic mass is 16.6. The lowest BCUT2D eigenvalue weighted by atomic mass is 9.70. The molecule has 3 fully saturated rings. The molecule has 2 bridgehead atoms. The number of nitrogens with zero attached hydrogens (tertiary/aromatic N) is 2. The molecule has 0 aliphatic carbocycles. The summed E-state index contributed by atoms with van der Waals surface area (Å²) in [5.74, 6) is -2.26. The lowest BCUT2D eigenvalue weighted by Gasteiger charge is -2.42. The first-order valence-corrected chi connectivity index (χ1v) is 12.4. The van der Waals surface area contributed by atoms with Crippen LogP contribution in [0.4, 0.5) is 0 Å². The summed E-state index contributed by atoms with van der Waals surface area (Å²) in [6.45, 7) is 14.3. The van der Waals surface area contributed by atoms with Gasteiger partial charge in [0.2, 0.25) is 11.8 Å². The van der Waals surface area contributed by atoms with Crippen molar-refractivity contribution in [1.29, 1.82) is 0 Å². The van der Waals surface area contributed by atoms with Gasteiger partial charge in [-0.1, -0.05) is 12.2 Å². The third kappa shape index (κ3) is 4.67. The topological polar surface area (TPSA) is 96.4 Å². The molecule has 3 aliphatic rings. The first-order chi connectivity index (χ1) is 16.1. The lowest BCUT2D eigenvalue weighted by Crippen LogP contribution is -2.59. The molecule has 3 aliphatic heterocycles. The molecule has 0 saturated carbocycles. The standard InChI is InChI=1S/C26H40N2O6/c1-6-8-11-17-33-24(32)19-18-12-13-26(34-18)20(19)22(30)27(15-9-10-16-29)21(26)23(31)28(14-7-2)25(3,4)5/h6-7,18-21,29H,1-2,8-17H2,3-5H3/t18-,19+,20+,21?,26?/m1/s1. The number of allylic oxidation sites excluding steroid dienone is 1. The predicted molar refractivity (Wildman–Crippen MR) is 128 cm³/mol. The minimum absolute atomic E-state index is 0.0119. The molecule has 8 nitrogen and oxygen atoms in total. The number of amides is 2. The zero-order chi connectivity index (χ0) is 25.1. The molecule has 0 aromatic rings. The Morgan fingerprint density at radius 1 is 1.26 bits per heavy atom. The Labute approximate surface area is 202 Å². The van der Waals surface area contributed by atoms with Gasteiger partial charge >= 0.3 is 5.97 Å². The number of aliphatic hydroxyl groups excluding tert-OH is 1. The van der Waals surface area contributed by atoms with Crippen molar-refractivity contribution >= 4 is 17.8 Å². The maximum atomic E-state index is 14.0. The summed E-state index contributed by atoms with van der Waals surface area (Å²) in [7, 11) is 0. The highest BCUT2D eigenvalue weighted by molar-refractivity contribution is 5.98. The van der Waals surface area contributed by atoms with Gasteiger partial charge in [-0.2, -0.15) is 0 Å². The van der Waals surface area contributed by atoms with E-state index in [1.807, 2.05) is 20.8 Å². The van der Waals surface area contributed by atoms with Crippen LogP contribution in [0.25, 0.3) is 0 Å². The number of carbonyl (C=O) groups excluding carboxylic acids is 3. The van der Waals surface area contributed by atoms with Gasteiger partial charge in [-0.15, -0.1) is 13.2 Å². The number of unbranched alkanes of at least 4 members (excludes halogenated alkanes) is 2. The van der Waals surface area contributed by atoms with Crippen LogP contribution in [0.15, 0.2) is 25.3 Å². The second kappa shape index (κ2) is 10.6. The maximum absolute atomic E-state index is 14.0. The fourth-order valence-electron chi connectivity index (χ4n) is 5.80. The van der Waals surface area contributed by atoms with Crippen LogP contribution in [0.1, 0.15) is 59.3 Å². The Morgan fingerprint density at radius 2 is 2.00 bits per heavy atom. The molecule has 0 aromatic carbocycles. The molecule has 34 heavy (non-hydrogen) atoms. The normalized spacial score (nSPS) is 29.8. The number of likely N-dealkylation sites (tertiary alicyclic amines) is 1. The molecule has 1 spiro atoms. The quantitative estimate of drug-likeness (QED) is 0.264. The van der Waals surface area contributed by atoms with E-state index in [0.29, 0.717) is 45.2 Å². The molecular formula is C26H40N2O6. The fourth-order valence-corrected chi connectivity index (χ4v) is 5.80. The number of fused-ring (bicyclic) bond motifs is 1. The summed E-state index contributed by atoms with van der Waals surface area (Å²) in [4.78, 5) is 44.2. The minimum Gasteiger partial charge on any atom is -0.465 e. The molecule has 2 unspecified atom stereocenters. The van der Waals surface area contributed by atoms with Crippen LogP contribution < -0.4 is 0 Å². The summed E-state index contributed by atoms with van der Waals surface area (Å²) >= 11 is 0. The second-order valence-electron chi connectivity index (χ2n) is 10.5. The Bertz CT molecular complexity index is 806. The summed E-state index contributed by atoms with van der Waals surface area (Å²) in [5, 5.41) is 9.26. The van der Waals surface area contributed by atoms with E-state index in [0.717, 1.165) is 6.42 Å². The Balaban J connectivity index is 1.94. The van der Waals surface area contributed by atoms with Crippen molar-refractivity contribution in [3.05, 3.63) is 25.3 Å². The largest absolute Gasteiger partial charge is 0.465 e. The summed E-state index contributed by atoms with van der Waals surface area (Å²) < 4.78 is 11.9. The summed E-state index contributed by atoms with van der Waals surface area (Å²) in [6.07, 6.45) is 6.70. The van der Waals surface area contributed by atoms with E-state index in [4.69, 9.17) is 9.47 Å². The molecule has 1 N–H and O–H groups in total. The van der Waals surface area contributed by atoms with E-state index in [2.05, 4.69) is 13.2 Å². The molecule has 3 heterocycles. The first-order valence-electron chi connectivity index (χ1n) is 12.4. The van der Waals surface area contributed by atoms with E-state index >= 15 is 0 Å². The van der Waals surface area contributed by atoms with Gasteiger partial charge in [0.25, 0.3) is 0 Å². The van der Waals surface area contributed by atoms with Gasteiger partial charge in [0.15, 0.2) is 0 Å². The van der Waals surface area contributed by atoms with Crippen molar-refractivity contribution in [3.63, 3.8) is 0 Å².